The van der Waals surface area contributed by atoms with Crippen molar-refractivity contribution < 1.29 is 19.4 Å². The number of rotatable bonds is 6. The highest BCUT2D eigenvalue weighted by Crippen LogP contribution is 2.23. The Bertz CT molecular complexity index is 506. The topological polar surface area (TPSA) is 102 Å². The molecule has 110 valence electrons. The molecule has 0 unspecified atom stereocenters. The number of ether oxygens (including phenoxy) is 1. The van der Waals surface area contributed by atoms with Crippen LogP contribution in [0.15, 0.2) is 18.2 Å². The van der Waals surface area contributed by atoms with E-state index in [0.29, 0.717) is 18.5 Å². The first-order valence-corrected chi connectivity index (χ1v) is 6.23. The molecule has 1 rings (SSSR count). The molecule has 1 aromatic carbocycles. The number of carboxylic acids is 1. The number of anilines is 1. The second-order valence-electron chi connectivity index (χ2n) is 5.26. The predicted octanol–water partition coefficient (Wildman–Crippen LogP) is 1.85. The molecular formula is C14H20N2O4. The molecule has 6 heteroatoms. The van der Waals surface area contributed by atoms with Gasteiger partial charge in [0, 0.05) is 23.7 Å². The van der Waals surface area contributed by atoms with Gasteiger partial charge < -0.3 is 20.9 Å². The van der Waals surface area contributed by atoms with Crippen LogP contribution in [0.5, 0.6) is 5.75 Å². The van der Waals surface area contributed by atoms with Crippen molar-refractivity contribution in [1.29, 1.82) is 0 Å². The van der Waals surface area contributed by atoms with Crippen molar-refractivity contribution in [3.05, 3.63) is 23.8 Å². The average Bonchev–Trinajstić information content (AvgIpc) is 2.35. The highest BCUT2D eigenvalue weighted by Gasteiger charge is 2.15. The summed E-state index contributed by atoms with van der Waals surface area (Å²) in [7, 11) is 1.38. The lowest BCUT2D eigenvalue weighted by Gasteiger charge is -2.17. The van der Waals surface area contributed by atoms with Crippen LogP contribution in [0.25, 0.3) is 0 Å². The number of carboxylic acid groups (broad SMARTS) is 1. The lowest BCUT2D eigenvalue weighted by Crippen LogP contribution is -2.33. The zero-order valence-corrected chi connectivity index (χ0v) is 11.9. The Hall–Kier alpha value is -2.08. The van der Waals surface area contributed by atoms with Gasteiger partial charge in [0.05, 0.1) is 7.11 Å². The van der Waals surface area contributed by atoms with Gasteiger partial charge in [-0.05, 0) is 32.4 Å². The van der Waals surface area contributed by atoms with E-state index in [1.54, 1.807) is 0 Å². The highest BCUT2D eigenvalue weighted by molar-refractivity contribution is 5.94. The van der Waals surface area contributed by atoms with Gasteiger partial charge in [-0.25, -0.2) is 4.79 Å². The maximum Gasteiger partial charge on any atom is 0.339 e. The molecule has 0 fully saturated rings. The number of methoxy groups -OCH3 is 1. The van der Waals surface area contributed by atoms with Gasteiger partial charge in [-0.1, -0.05) is 0 Å². The molecule has 4 N–H and O–H groups in total. The van der Waals surface area contributed by atoms with E-state index in [-0.39, 0.29) is 17.2 Å². The molecule has 0 radical (unpaired) electrons. The number of hydrogen-bond acceptors (Lipinski definition) is 4. The van der Waals surface area contributed by atoms with Gasteiger partial charge >= 0.3 is 5.97 Å². The maximum absolute atomic E-state index is 11.8. The van der Waals surface area contributed by atoms with Crippen molar-refractivity contribution >= 4 is 17.6 Å². The van der Waals surface area contributed by atoms with Crippen LogP contribution in [0.2, 0.25) is 0 Å². The summed E-state index contributed by atoms with van der Waals surface area (Å²) in [5.41, 5.74) is 5.95. The first-order valence-electron chi connectivity index (χ1n) is 6.23. The van der Waals surface area contributed by atoms with Crippen LogP contribution in [0.3, 0.4) is 0 Å². The summed E-state index contributed by atoms with van der Waals surface area (Å²) >= 11 is 0. The number of hydrogen-bond donors (Lipinski definition) is 3. The molecule has 0 aromatic heterocycles. The lowest BCUT2D eigenvalue weighted by molar-refractivity contribution is -0.116. The number of benzene rings is 1. The Kier molecular flexibility index (Phi) is 5.10. The summed E-state index contributed by atoms with van der Waals surface area (Å²) in [5, 5.41) is 11.7. The number of carbonyl (C=O) groups excluding carboxylic acids is 1. The maximum atomic E-state index is 11.8. The first-order chi connectivity index (χ1) is 9.23. The monoisotopic (exact) mass is 280 g/mol. The van der Waals surface area contributed by atoms with E-state index in [2.05, 4.69) is 5.32 Å². The standard InChI is InChI=1S/C14H20N2O4/c1-14(2,15)7-6-12(17)16-9-4-5-10(13(18)19)11(8-9)20-3/h4-5,8H,6-7,15H2,1-3H3,(H,16,17)(H,18,19). The van der Waals surface area contributed by atoms with Crippen LogP contribution in [0.1, 0.15) is 37.0 Å². The third-order valence-electron chi connectivity index (χ3n) is 2.71. The first kappa shape index (κ1) is 16.0. The molecule has 0 aliphatic heterocycles. The van der Waals surface area contributed by atoms with Crippen molar-refractivity contribution in [1.82, 2.24) is 0 Å². The van der Waals surface area contributed by atoms with E-state index in [1.807, 2.05) is 13.8 Å². The fourth-order valence-electron chi connectivity index (χ4n) is 1.60. The van der Waals surface area contributed by atoms with Crippen LogP contribution >= 0.6 is 0 Å². The molecule has 20 heavy (non-hydrogen) atoms. The number of aromatic carboxylic acids is 1. The number of carbonyl (C=O) groups is 2. The SMILES string of the molecule is COc1cc(NC(=O)CCC(C)(C)N)ccc1C(=O)O. The molecule has 0 saturated heterocycles. The average molecular weight is 280 g/mol. The molecule has 0 aliphatic carbocycles. The molecule has 0 saturated carbocycles. The molecule has 1 amide bonds. The van der Waals surface area contributed by atoms with Crippen molar-refractivity contribution in [2.24, 2.45) is 5.73 Å². The van der Waals surface area contributed by atoms with Gasteiger partial charge in [-0.3, -0.25) is 4.79 Å². The van der Waals surface area contributed by atoms with Crippen molar-refractivity contribution in [3.63, 3.8) is 0 Å². The predicted molar refractivity (Wildman–Crippen MR) is 76.1 cm³/mol. The molecular weight excluding hydrogens is 260 g/mol. The molecule has 6 nitrogen and oxygen atoms in total. The minimum atomic E-state index is -1.08. The van der Waals surface area contributed by atoms with Crippen molar-refractivity contribution in [2.45, 2.75) is 32.2 Å². The Labute approximate surface area is 117 Å². The van der Waals surface area contributed by atoms with Crippen LogP contribution in [0.4, 0.5) is 5.69 Å². The Morgan fingerprint density at radius 2 is 2.05 bits per heavy atom. The highest BCUT2D eigenvalue weighted by atomic mass is 16.5. The quantitative estimate of drug-likeness (QED) is 0.738. The number of nitrogens with one attached hydrogen (secondary N) is 1. The smallest absolute Gasteiger partial charge is 0.339 e. The number of nitrogens with two attached hydrogens (primary N) is 1. The molecule has 0 bridgehead atoms. The van der Waals surface area contributed by atoms with Gasteiger partial charge in [0.1, 0.15) is 11.3 Å². The summed E-state index contributed by atoms with van der Waals surface area (Å²) in [5.74, 6) is -1.05. The Morgan fingerprint density at radius 1 is 1.40 bits per heavy atom. The lowest BCUT2D eigenvalue weighted by atomic mass is 10.00. The summed E-state index contributed by atoms with van der Waals surface area (Å²) in [6.07, 6.45) is 0.857. The summed E-state index contributed by atoms with van der Waals surface area (Å²) in [4.78, 5) is 22.7. The third-order valence-corrected chi connectivity index (χ3v) is 2.71. The van der Waals surface area contributed by atoms with E-state index in [9.17, 15) is 9.59 Å². The van der Waals surface area contributed by atoms with Crippen LogP contribution in [0, 0.1) is 0 Å². The van der Waals surface area contributed by atoms with Gasteiger partial charge in [0.15, 0.2) is 0 Å². The van der Waals surface area contributed by atoms with Crippen LogP contribution in [-0.2, 0) is 4.79 Å². The molecule has 0 aliphatic rings. The fourth-order valence-corrected chi connectivity index (χ4v) is 1.60. The zero-order valence-electron chi connectivity index (χ0n) is 11.9. The molecule has 0 spiro atoms. The van der Waals surface area contributed by atoms with E-state index < -0.39 is 11.5 Å². The van der Waals surface area contributed by atoms with E-state index in [1.165, 1.54) is 25.3 Å². The fraction of sp³-hybridized carbons (Fsp3) is 0.429. The zero-order chi connectivity index (χ0) is 15.3. The second kappa shape index (κ2) is 6.38. The molecule has 1 aromatic rings. The van der Waals surface area contributed by atoms with Crippen LogP contribution in [-0.4, -0.2) is 29.6 Å². The van der Waals surface area contributed by atoms with E-state index >= 15 is 0 Å². The van der Waals surface area contributed by atoms with Gasteiger partial charge in [0.25, 0.3) is 0 Å². The largest absolute Gasteiger partial charge is 0.496 e. The number of amides is 1. The van der Waals surface area contributed by atoms with Crippen LogP contribution < -0.4 is 15.8 Å². The Morgan fingerprint density at radius 3 is 2.55 bits per heavy atom. The van der Waals surface area contributed by atoms with Crippen molar-refractivity contribution in [2.75, 3.05) is 12.4 Å². The van der Waals surface area contributed by atoms with Gasteiger partial charge in [-0.15, -0.1) is 0 Å². The van der Waals surface area contributed by atoms with E-state index in [0.717, 1.165) is 0 Å². The van der Waals surface area contributed by atoms with Crippen molar-refractivity contribution in [3.8, 4) is 5.75 Å². The Balaban J connectivity index is 2.74. The molecule has 0 atom stereocenters. The van der Waals surface area contributed by atoms with E-state index in [4.69, 9.17) is 15.6 Å². The summed E-state index contributed by atoms with van der Waals surface area (Å²) < 4.78 is 4.99. The molecule has 0 heterocycles. The van der Waals surface area contributed by atoms with Gasteiger partial charge in [-0.2, -0.15) is 0 Å². The minimum Gasteiger partial charge on any atom is -0.496 e. The third kappa shape index (κ3) is 4.89. The van der Waals surface area contributed by atoms with Gasteiger partial charge in [0.2, 0.25) is 5.91 Å². The summed E-state index contributed by atoms with van der Waals surface area (Å²) in [6, 6.07) is 4.40. The summed E-state index contributed by atoms with van der Waals surface area (Å²) in [6.45, 7) is 3.70. The normalized spacial score (nSPS) is 11.0. The minimum absolute atomic E-state index is 0.0496. The second-order valence-corrected chi connectivity index (χ2v) is 5.26.